The van der Waals surface area contributed by atoms with Crippen molar-refractivity contribution in [3.05, 3.63) is 47.7 Å². The Morgan fingerprint density at radius 1 is 1.18 bits per heavy atom. The van der Waals surface area contributed by atoms with Crippen LogP contribution >= 0.6 is 11.3 Å². The summed E-state index contributed by atoms with van der Waals surface area (Å²) in [4.78, 5) is 26.6. The SMILES string of the molecule is Cc1ccc(S(N)(=O)=O)cc1C(=O)N1CCN(c2nc3cccnc3s2)CC1. The number of amides is 1. The zero-order valence-electron chi connectivity index (χ0n) is 15.2. The van der Waals surface area contributed by atoms with Gasteiger partial charge in [-0.05, 0) is 36.8 Å². The second kappa shape index (κ2) is 7.12. The Morgan fingerprint density at radius 2 is 1.93 bits per heavy atom. The maximum absolute atomic E-state index is 12.9. The number of hydrogen-bond acceptors (Lipinski definition) is 7. The smallest absolute Gasteiger partial charge is 0.254 e. The fourth-order valence-corrected chi connectivity index (χ4v) is 4.67. The third kappa shape index (κ3) is 3.58. The van der Waals surface area contributed by atoms with Gasteiger partial charge in [-0.2, -0.15) is 0 Å². The summed E-state index contributed by atoms with van der Waals surface area (Å²) in [5.41, 5.74) is 1.96. The normalized spacial score (nSPS) is 15.2. The number of primary sulfonamides is 1. The minimum Gasteiger partial charge on any atom is -0.344 e. The van der Waals surface area contributed by atoms with Crippen molar-refractivity contribution in [1.82, 2.24) is 14.9 Å². The van der Waals surface area contributed by atoms with Crippen molar-refractivity contribution in [2.24, 2.45) is 5.14 Å². The Labute approximate surface area is 166 Å². The highest BCUT2D eigenvalue weighted by atomic mass is 32.2. The van der Waals surface area contributed by atoms with Gasteiger partial charge in [-0.1, -0.05) is 17.4 Å². The van der Waals surface area contributed by atoms with E-state index in [0.29, 0.717) is 31.7 Å². The van der Waals surface area contributed by atoms with Crippen LogP contribution in [0.4, 0.5) is 5.13 Å². The number of benzene rings is 1. The van der Waals surface area contributed by atoms with E-state index in [0.717, 1.165) is 21.0 Å². The molecule has 4 rings (SSSR count). The molecule has 2 aromatic heterocycles. The lowest BCUT2D eigenvalue weighted by molar-refractivity contribution is 0.0746. The van der Waals surface area contributed by atoms with Crippen LogP contribution in [0.2, 0.25) is 0 Å². The highest BCUT2D eigenvalue weighted by molar-refractivity contribution is 7.89. The van der Waals surface area contributed by atoms with E-state index in [1.54, 1.807) is 24.1 Å². The molecule has 0 saturated carbocycles. The Balaban J connectivity index is 1.50. The Morgan fingerprint density at radius 3 is 2.61 bits per heavy atom. The van der Waals surface area contributed by atoms with Crippen molar-refractivity contribution < 1.29 is 13.2 Å². The van der Waals surface area contributed by atoms with Gasteiger partial charge >= 0.3 is 0 Å². The third-order valence-electron chi connectivity index (χ3n) is 4.76. The number of aryl methyl sites for hydroxylation is 1. The topological polar surface area (TPSA) is 109 Å². The molecule has 10 heteroatoms. The predicted molar refractivity (Wildman–Crippen MR) is 108 cm³/mol. The molecule has 0 unspecified atom stereocenters. The lowest BCUT2D eigenvalue weighted by Crippen LogP contribution is -2.49. The van der Waals surface area contributed by atoms with Gasteiger partial charge in [0.05, 0.1) is 4.90 Å². The van der Waals surface area contributed by atoms with Gasteiger partial charge in [0.25, 0.3) is 5.91 Å². The molecular formula is C18H19N5O3S2. The van der Waals surface area contributed by atoms with Crippen LogP contribution in [0.3, 0.4) is 0 Å². The number of aromatic nitrogens is 2. The lowest BCUT2D eigenvalue weighted by atomic mass is 10.1. The number of nitrogens with zero attached hydrogens (tertiary/aromatic N) is 4. The number of nitrogens with two attached hydrogens (primary N) is 1. The first-order valence-corrected chi connectivity index (χ1v) is 11.1. The fourth-order valence-electron chi connectivity index (χ4n) is 3.17. The molecule has 1 aromatic carbocycles. The molecule has 1 aliphatic heterocycles. The van der Waals surface area contributed by atoms with Gasteiger partial charge < -0.3 is 9.80 Å². The van der Waals surface area contributed by atoms with E-state index in [1.165, 1.54) is 23.5 Å². The number of sulfonamides is 1. The first kappa shape index (κ1) is 18.8. The van der Waals surface area contributed by atoms with E-state index in [2.05, 4.69) is 14.9 Å². The molecule has 1 fully saturated rings. The standard InChI is InChI=1S/C18H19N5O3S2/c1-12-4-5-13(28(19,25)26)11-14(12)17(24)22-7-9-23(10-8-22)18-21-15-3-2-6-20-16(15)27-18/h2-6,11H,7-10H2,1H3,(H2,19,25,26). The fraction of sp³-hybridized carbons (Fsp3) is 0.278. The summed E-state index contributed by atoms with van der Waals surface area (Å²) >= 11 is 1.54. The maximum Gasteiger partial charge on any atom is 0.254 e. The van der Waals surface area contributed by atoms with Gasteiger partial charge in [0.15, 0.2) is 5.13 Å². The molecule has 0 spiro atoms. The number of carbonyl (C=O) groups excluding carboxylic acids is 1. The summed E-state index contributed by atoms with van der Waals surface area (Å²) in [5, 5.41) is 6.10. The number of anilines is 1. The van der Waals surface area contributed by atoms with Crippen molar-refractivity contribution in [1.29, 1.82) is 0 Å². The molecule has 28 heavy (non-hydrogen) atoms. The molecule has 0 bridgehead atoms. The first-order valence-electron chi connectivity index (χ1n) is 8.72. The largest absolute Gasteiger partial charge is 0.344 e. The van der Waals surface area contributed by atoms with Crippen molar-refractivity contribution in [2.75, 3.05) is 31.1 Å². The van der Waals surface area contributed by atoms with Gasteiger partial charge in [0, 0.05) is 37.9 Å². The summed E-state index contributed by atoms with van der Waals surface area (Å²) in [7, 11) is -3.86. The minimum atomic E-state index is -3.86. The molecule has 0 aliphatic carbocycles. The second-order valence-electron chi connectivity index (χ2n) is 6.63. The molecule has 0 radical (unpaired) electrons. The molecule has 1 aliphatic rings. The summed E-state index contributed by atoms with van der Waals surface area (Å²) in [6.45, 7) is 4.14. The molecule has 3 heterocycles. The maximum atomic E-state index is 12.9. The second-order valence-corrected chi connectivity index (χ2v) is 9.14. The Kier molecular flexibility index (Phi) is 4.77. The van der Waals surface area contributed by atoms with Crippen LogP contribution in [-0.2, 0) is 10.0 Å². The third-order valence-corrected chi connectivity index (χ3v) is 6.71. The van der Waals surface area contributed by atoms with Crippen molar-refractivity contribution >= 4 is 42.7 Å². The number of fused-ring (bicyclic) bond motifs is 1. The van der Waals surface area contributed by atoms with E-state index in [4.69, 9.17) is 5.14 Å². The van der Waals surface area contributed by atoms with E-state index in [1.807, 2.05) is 12.1 Å². The number of rotatable bonds is 3. The summed E-state index contributed by atoms with van der Waals surface area (Å²) < 4.78 is 23.2. The number of carbonyl (C=O) groups is 1. The van der Waals surface area contributed by atoms with Crippen LogP contribution in [0, 0.1) is 6.92 Å². The molecule has 146 valence electrons. The quantitative estimate of drug-likeness (QED) is 0.693. The molecule has 1 amide bonds. The number of pyridine rings is 1. The minimum absolute atomic E-state index is 0.0536. The molecule has 3 aromatic rings. The van der Waals surface area contributed by atoms with Crippen molar-refractivity contribution in [3.63, 3.8) is 0 Å². The van der Waals surface area contributed by atoms with Gasteiger partial charge in [-0.3, -0.25) is 4.79 Å². The van der Waals surface area contributed by atoms with E-state index < -0.39 is 10.0 Å². The van der Waals surface area contributed by atoms with Crippen LogP contribution < -0.4 is 10.0 Å². The van der Waals surface area contributed by atoms with E-state index >= 15 is 0 Å². The van der Waals surface area contributed by atoms with E-state index in [-0.39, 0.29) is 10.8 Å². The van der Waals surface area contributed by atoms with Crippen LogP contribution in [-0.4, -0.2) is 55.4 Å². The Hall–Kier alpha value is -2.56. The number of piperazine rings is 1. The van der Waals surface area contributed by atoms with Crippen molar-refractivity contribution in [2.45, 2.75) is 11.8 Å². The van der Waals surface area contributed by atoms with Crippen LogP contribution in [0.15, 0.2) is 41.4 Å². The lowest BCUT2D eigenvalue weighted by Gasteiger charge is -2.34. The molecule has 2 N–H and O–H groups in total. The zero-order chi connectivity index (χ0) is 19.9. The molecule has 0 atom stereocenters. The summed E-state index contributed by atoms with van der Waals surface area (Å²) in [5.74, 6) is -0.186. The van der Waals surface area contributed by atoms with E-state index in [9.17, 15) is 13.2 Å². The first-order chi connectivity index (χ1) is 13.3. The van der Waals surface area contributed by atoms with Gasteiger partial charge in [-0.25, -0.2) is 23.5 Å². The average Bonchev–Trinajstić information content (AvgIpc) is 3.11. The summed E-state index contributed by atoms with van der Waals surface area (Å²) in [6.07, 6.45) is 1.75. The van der Waals surface area contributed by atoms with Crippen LogP contribution in [0.5, 0.6) is 0 Å². The van der Waals surface area contributed by atoms with Gasteiger partial charge in [-0.15, -0.1) is 0 Å². The zero-order valence-corrected chi connectivity index (χ0v) is 16.8. The highest BCUT2D eigenvalue weighted by Gasteiger charge is 2.25. The van der Waals surface area contributed by atoms with Crippen LogP contribution in [0.25, 0.3) is 10.3 Å². The van der Waals surface area contributed by atoms with Crippen LogP contribution in [0.1, 0.15) is 15.9 Å². The van der Waals surface area contributed by atoms with Gasteiger partial charge in [0.1, 0.15) is 10.3 Å². The average molecular weight is 418 g/mol. The number of hydrogen-bond donors (Lipinski definition) is 1. The molecule has 8 nitrogen and oxygen atoms in total. The predicted octanol–water partition coefficient (Wildman–Crippen LogP) is 1.61. The molecular weight excluding hydrogens is 398 g/mol. The van der Waals surface area contributed by atoms with Gasteiger partial charge in [0.2, 0.25) is 10.0 Å². The molecule has 1 saturated heterocycles. The monoisotopic (exact) mass is 417 g/mol. The Bertz CT molecular complexity index is 1120. The highest BCUT2D eigenvalue weighted by Crippen LogP contribution is 2.28. The van der Waals surface area contributed by atoms with Crippen molar-refractivity contribution in [3.8, 4) is 0 Å². The summed E-state index contributed by atoms with van der Waals surface area (Å²) in [6, 6.07) is 8.18. The number of thiazole rings is 1.